The van der Waals surface area contributed by atoms with Gasteiger partial charge in [-0.15, -0.1) is 0 Å². The maximum Gasteiger partial charge on any atom is 0.200 e. The Labute approximate surface area is 153 Å². The molecule has 2 aromatic carbocycles. The second-order valence-electron chi connectivity index (χ2n) is 4.90. The van der Waals surface area contributed by atoms with Crippen LogP contribution in [0.4, 0.5) is 0 Å². The molecule has 3 nitrogen and oxygen atoms in total. The highest BCUT2D eigenvalue weighted by Gasteiger charge is 2.25. The number of ether oxygens (including phenoxy) is 2. The number of Topliss-reactive ketones (excluding diaryl/α,β-unsaturated/α-hetero) is 1. The first-order valence-electron chi connectivity index (χ1n) is 7.17. The van der Waals surface area contributed by atoms with Gasteiger partial charge in [0.25, 0.3) is 0 Å². The molecule has 0 atom stereocenters. The van der Waals surface area contributed by atoms with Crippen LogP contribution in [0.2, 0.25) is 0 Å². The third-order valence-corrected chi connectivity index (χ3v) is 5.31. The molecule has 3 rings (SSSR count). The zero-order chi connectivity index (χ0) is 16.4. The van der Waals surface area contributed by atoms with Gasteiger partial charge in [0.2, 0.25) is 5.78 Å². The minimum absolute atomic E-state index is 0.0773. The average Bonchev–Trinajstić information content (AvgIpc) is 2.86. The van der Waals surface area contributed by atoms with Crippen molar-refractivity contribution in [3.8, 4) is 11.5 Å². The van der Waals surface area contributed by atoms with Crippen molar-refractivity contribution in [3.63, 3.8) is 0 Å². The first-order valence-corrected chi connectivity index (χ1v) is 9.07. The van der Waals surface area contributed by atoms with Crippen LogP contribution >= 0.6 is 34.4 Å². The monoisotopic (exact) mass is 438 g/mol. The summed E-state index contributed by atoms with van der Waals surface area (Å²) in [7, 11) is 1.62. The molecule has 23 heavy (non-hydrogen) atoms. The molecule has 0 N–H and O–H groups in total. The van der Waals surface area contributed by atoms with E-state index in [1.807, 2.05) is 49.4 Å². The van der Waals surface area contributed by atoms with Crippen LogP contribution in [0.1, 0.15) is 22.8 Å². The Balaban J connectivity index is 1.98. The molecule has 118 valence electrons. The number of methoxy groups -OCH3 is 1. The third-order valence-electron chi connectivity index (χ3n) is 3.41. The molecule has 0 unspecified atom stereocenters. The average molecular weight is 438 g/mol. The number of carbonyl (C=O) groups is 1. The van der Waals surface area contributed by atoms with Gasteiger partial charge in [0.15, 0.2) is 11.5 Å². The van der Waals surface area contributed by atoms with Crippen molar-refractivity contribution >= 4 is 46.2 Å². The van der Waals surface area contributed by atoms with Crippen LogP contribution in [-0.2, 0) is 0 Å². The topological polar surface area (TPSA) is 35.5 Å². The predicted octanol–water partition coefficient (Wildman–Crippen LogP) is 5.03. The lowest BCUT2D eigenvalue weighted by Gasteiger charge is -2.12. The van der Waals surface area contributed by atoms with Crippen molar-refractivity contribution in [1.82, 2.24) is 0 Å². The number of carbonyl (C=O) groups excluding carboxylic acids is 1. The van der Waals surface area contributed by atoms with Crippen LogP contribution in [0.3, 0.4) is 0 Å². The fourth-order valence-electron chi connectivity index (χ4n) is 2.39. The molecular formula is C18H15IO3S. The number of benzene rings is 2. The van der Waals surface area contributed by atoms with E-state index in [2.05, 4.69) is 22.6 Å². The van der Waals surface area contributed by atoms with E-state index in [4.69, 9.17) is 9.47 Å². The fraction of sp³-hybridized carbons (Fsp3) is 0.167. The van der Waals surface area contributed by atoms with E-state index in [1.165, 1.54) is 11.8 Å². The number of fused-ring (bicyclic) bond motifs is 1. The standard InChI is InChI=1S/C18H15IO3S/c1-3-22-18-13(19)8-11(9-14(18)21-2)10-16-17(20)12-6-4-5-7-15(12)23-16/h4-10H,3H2,1-2H3. The molecule has 0 saturated heterocycles. The van der Waals surface area contributed by atoms with Crippen molar-refractivity contribution in [1.29, 1.82) is 0 Å². The Bertz CT molecular complexity index is 799. The van der Waals surface area contributed by atoms with Gasteiger partial charge in [-0.25, -0.2) is 0 Å². The summed E-state index contributed by atoms with van der Waals surface area (Å²) in [4.78, 5) is 14.2. The van der Waals surface area contributed by atoms with Gasteiger partial charge in [0.05, 0.1) is 22.2 Å². The highest BCUT2D eigenvalue weighted by molar-refractivity contribution is 14.1. The Morgan fingerprint density at radius 3 is 2.74 bits per heavy atom. The van der Waals surface area contributed by atoms with Crippen molar-refractivity contribution in [2.45, 2.75) is 11.8 Å². The summed E-state index contributed by atoms with van der Waals surface area (Å²) < 4.78 is 12.0. The number of hydrogen-bond donors (Lipinski definition) is 0. The Hall–Kier alpha value is -1.47. The number of rotatable bonds is 4. The summed E-state index contributed by atoms with van der Waals surface area (Å²) in [6.45, 7) is 2.52. The number of thioether (sulfide) groups is 1. The number of allylic oxidation sites excluding steroid dienone is 1. The maximum absolute atomic E-state index is 12.5. The minimum atomic E-state index is 0.0773. The van der Waals surface area contributed by atoms with E-state index in [1.54, 1.807) is 7.11 Å². The van der Waals surface area contributed by atoms with Crippen LogP contribution in [0, 0.1) is 3.57 Å². The number of ketones is 1. The summed E-state index contributed by atoms with van der Waals surface area (Å²) in [6, 6.07) is 11.6. The van der Waals surface area contributed by atoms with Crippen LogP contribution in [0.5, 0.6) is 11.5 Å². The van der Waals surface area contributed by atoms with Gasteiger partial charge >= 0.3 is 0 Å². The molecule has 1 aliphatic rings. The maximum atomic E-state index is 12.5. The predicted molar refractivity (Wildman–Crippen MR) is 101 cm³/mol. The zero-order valence-corrected chi connectivity index (χ0v) is 15.7. The van der Waals surface area contributed by atoms with Gasteiger partial charge in [-0.3, -0.25) is 4.79 Å². The largest absolute Gasteiger partial charge is 0.493 e. The highest BCUT2D eigenvalue weighted by Crippen LogP contribution is 2.41. The second kappa shape index (κ2) is 6.97. The van der Waals surface area contributed by atoms with Crippen molar-refractivity contribution < 1.29 is 14.3 Å². The van der Waals surface area contributed by atoms with Crippen molar-refractivity contribution in [2.75, 3.05) is 13.7 Å². The van der Waals surface area contributed by atoms with Gasteiger partial charge in [-0.2, -0.15) is 0 Å². The summed E-state index contributed by atoms with van der Waals surface area (Å²) in [5, 5.41) is 0. The minimum Gasteiger partial charge on any atom is -0.493 e. The first kappa shape index (κ1) is 16.4. The molecule has 0 radical (unpaired) electrons. The van der Waals surface area contributed by atoms with Crippen LogP contribution in [0.15, 0.2) is 46.2 Å². The Morgan fingerprint density at radius 1 is 1.26 bits per heavy atom. The molecule has 5 heteroatoms. The van der Waals surface area contributed by atoms with E-state index in [0.717, 1.165) is 30.2 Å². The Kier molecular flexibility index (Phi) is 4.96. The third kappa shape index (κ3) is 3.26. The SMILES string of the molecule is CCOc1c(I)cc(C=C2Sc3ccccc3C2=O)cc1OC. The molecule has 0 spiro atoms. The normalized spacial score (nSPS) is 14.9. The molecule has 0 aromatic heterocycles. The zero-order valence-electron chi connectivity index (χ0n) is 12.8. The van der Waals surface area contributed by atoms with Gasteiger partial charge in [-0.1, -0.05) is 23.9 Å². The van der Waals surface area contributed by atoms with E-state index < -0.39 is 0 Å². The molecule has 0 fully saturated rings. The second-order valence-corrected chi connectivity index (χ2v) is 7.15. The van der Waals surface area contributed by atoms with E-state index in [9.17, 15) is 4.79 Å². The van der Waals surface area contributed by atoms with Gasteiger partial charge in [0, 0.05) is 10.5 Å². The van der Waals surface area contributed by atoms with Crippen molar-refractivity contribution in [3.05, 3.63) is 56.0 Å². The lowest BCUT2D eigenvalue weighted by molar-refractivity contribution is 0.104. The summed E-state index contributed by atoms with van der Waals surface area (Å²) >= 11 is 3.73. The van der Waals surface area contributed by atoms with E-state index >= 15 is 0 Å². The molecule has 0 bridgehead atoms. The number of halogens is 1. The van der Waals surface area contributed by atoms with Crippen LogP contribution in [-0.4, -0.2) is 19.5 Å². The lowest BCUT2D eigenvalue weighted by atomic mass is 10.1. The van der Waals surface area contributed by atoms with Crippen molar-refractivity contribution in [2.24, 2.45) is 0 Å². The molecule has 1 aliphatic heterocycles. The van der Waals surface area contributed by atoms with Gasteiger partial charge < -0.3 is 9.47 Å². The lowest BCUT2D eigenvalue weighted by Crippen LogP contribution is -1.99. The molecule has 1 heterocycles. The smallest absolute Gasteiger partial charge is 0.200 e. The van der Waals surface area contributed by atoms with Gasteiger partial charge in [-0.05, 0) is 65.4 Å². The quantitative estimate of drug-likeness (QED) is 0.496. The molecular weight excluding hydrogens is 423 g/mol. The Morgan fingerprint density at radius 2 is 2.04 bits per heavy atom. The summed E-state index contributed by atoms with van der Waals surface area (Å²) in [5.74, 6) is 1.50. The van der Waals surface area contributed by atoms with E-state index in [-0.39, 0.29) is 5.78 Å². The van der Waals surface area contributed by atoms with Crippen LogP contribution in [0.25, 0.3) is 6.08 Å². The van der Waals surface area contributed by atoms with E-state index in [0.29, 0.717) is 12.4 Å². The number of hydrogen-bond acceptors (Lipinski definition) is 4. The fourth-order valence-corrected chi connectivity index (χ4v) is 4.23. The molecule has 0 saturated carbocycles. The van der Waals surface area contributed by atoms with Crippen LogP contribution < -0.4 is 9.47 Å². The summed E-state index contributed by atoms with van der Waals surface area (Å²) in [5.41, 5.74) is 1.70. The molecule has 2 aromatic rings. The van der Waals surface area contributed by atoms with Gasteiger partial charge in [0.1, 0.15) is 0 Å². The highest BCUT2D eigenvalue weighted by atomic mass is 127. The molecule has 0 aliphatic carbocycles. The molecule has 0 amide bonds. The first-order chi connectivity index (χ1) is 11.1. The summed E-state index contributed by atoms with van der Waals surface area (Å²) in [6.07, 6.45) is 1.91.